The van der Waals surface area contributed by atoms with Gasteiger partial charge in [0.05, 0.1) is 16.7 Å². The van der Waals surface area contributed by atoms with Gasteiger partial charge in [-0.25, -0.2) is 4.68 Å². The first-order valence-corrected chi connectivity index (χ1v) is 6.33. The molecule has 90 valence electrons. The Bertz CT molecular complexity index is 558. The van der Waals surface area contributed by atoms with E-state index < -0.39 is 0 Å². The van der Waals surface area contributed by atoms with Gasteiger partial charge in [-0.05, 0) is 47.8 Å². The summed E-state index contributed by atoms with van der Waals surface area (Å²) in [7, 11) is 0. The summed E-state index contributed by atoms with van der Waals surface area (Å²) < 4.78 is 2.72. The summed E-state index contributed by atoms with van der Waals surface area (Å²) in [6.45, 7) is 6.87. The summed E-state index contributed by atoms with van der Waals surface area (Å²) in [5.41, 5.74) is 10.7. The van der Waals surface area contributed by atoms with Crippen molar-refractivity contribution in [2.75, 3.05) is 5.73 Å². The molecule has 0 saturated carbocycles. The van der Waals surface area contributed by atoms with Crippen molar-refractivity contribution >= 4 is 21.7 Å². The molecule has 0 unspecified atom stereocenters. The molecule has 0 aliphatic rings. The predicted octanol–water partition coefficient (Wildman–Crippen LogP) is 3.20. The van der Waals surface area contributed by atoms with E-state index in [1.807, 2.05) is 11.6 Å². The number of benzene rings is 1. The van der Waals surface area contributed by atoms with Crippen molar-refractivity contribution in [3.63, 3.8) is 0 Å². The number of hydrogen-bond donors (Lipinski definition) is 1. The largest absolute Gasteiger partial charge is 0.383 e. The maximum Gasteiger partial charge on any atom is 0.136 e. The number of hydrogen-bond acceptors (Lipinski definition) is 2. The van der Waals surface area contributed by atoms with Gasteiger partial charge in [-0.15, -0.1) is 0 Å². The van der Waals surface area contributed by atoms with Gasteiger partial charge in [-0.3, -0.25) is 0 Å². The van der Waals surface area contributed by atoms with E-state index in [2.05, 4.69) is 53.1 Å². The monoisotopic (exact) mass is 293 g/mol. The minimum atomic E-state index is 0.683. The third-order valence-electron chi connectivity index (χ3n) is 2.91. The van der Waals surface area contributed by atoms with Crippen LogP contribution in [0.5, 0.6) is 0 Å². The molecule has 0 radical (unpaired) electrons. The molecule has 0 fully saturated rings. The molecule has 0 amide bonds. The standard InChI is InChI=1S/C13H16BrN3/c1-8-4-5-11(9(2)6-8)7-17-13(15)12(14)10(3)16-17/h4-6H,7,15H2,1-3H3. The number of halogens is 1. The van der Waals surface area contributed by atoms with Crippen LogP contribution < -0.4 is 5.73 Å². The van der Waals surface area contributed by atoms with Crippen LogP contribution in [-0.2, 0) is 6.54 Å². The second-order valence-electron chi connectivity index (χ2n) is 4.37. The Hall–Kier alpha value is -1.29. The maximum atomic E-state index is 5.98. The van der Waals surface area contributed by atoms with Gasteiger partial charge in [0.25, 0.3) is 0 Å². The number of aryl methyl sites for hydroxylation is 3. The molecule has 0 aliphatic heterocycles. The van der Waals surface area contributed by atoms with Gasteiger partial charge >= 0.3 is 0 Å². The molecule has 0 aliphatic carbocycles. The molecule has 0 saturated heterocycles. The molecule has 1 aromatic carbocycles. The van der Waals surface area contributed by atoms with Crippen molar-refractivity contribution in [2.24, 2.45) is 0 Å². The van der Waals surface area contributed by atoms with Crippen LogP contribution in [0, 0.1) is 20.8 Å². The lowest BCUT2D eigenvalue weighted by Gasteiger charge is -2.08. The zero-order valence-corrected chi connectivity index (χ0v) is 11.9. The third kappa shape index (κ3) is 2.36. The fraction of sp³-hybridized carbons (Fsp3) is 0.308. The third-order valence-corrected chi connectivity index (χ3v) is 3.89. The Morgan fingerprint density at radius 2 is 2.00 bits per heavy atom. The topological polar surface area (TPSA) is 43.8 Å². The molecule has 0 spiro atoms. The zero-order chi connectivity index (χ0) is 12.6. The Balaban J connectivity index is 2.34. The van der Waals surface area contributed by atoms with E-state index >= 15 is 0 Å². The van der Waals surface area contributed by atoms with E-state index in [1.54, 1.807) is 0 Å². The van der Waals surface area contributed by atoms with Crippen molar-refractivity contribution in [1.29, 1.82) is 0 Å². The molecular formula is C13H16BrN3. The van der Waals surface area contributed by atoms with Gasteiger partial charge < -0.3 is 5.73 Å². The summed E-state index contributed by atoms with van der Waals surface area (Å²) in [5, 5.41) is 4.41. The quantitative estimate of drug-likeness (QED) is 0.924. The average molecular weight is 294 g/mol. The van der Waals surface area contributed by atoms with Crippen LogP contribution in [0.1, 0.15) is 22.4 Å². The summed E-state index contributed by atoms with van der Waals surface area (Å²) in [4.78, 5) is 0. The highest BCUT2D eigenvalue weighted by Crippen LogP contribution is 2.24. The number of rotatable bonds is 2. The number of anilines is 1. The Labute approximate surface area is 110 Å². The van der Waals surface area contributed by atoms with Gasteiger partial charge in [-0.2, -0.15) is 5.10 Å². The molecule has 3 nitrogen and oxygen atoms in total. The molecule has 2 N–H and O–H groups in total. The molecule has 1 aromatic heterocycles. The Morgan fingerprint density at radius 3 is 2.53 bits per heavy atom. The summed E-state index contributed by atoms with van der Waals surface area (Å²) in [6.07, 6.45) is 0. The van der Waals surface area contributed by atoms with Crippen LogP contribution in [0.25, 0.3) is 0 Å². The lowest BCUT2D eigenvalue weighted by molar-refractivity contribution is 0.686. The first kappa shape index (κ1) is 12.2. The first-order valence-electron chi connectivity index (χ1n) is 5.53. The van der Waals surface area contributed by atoms with Crippen LogP contribution in [0.4, 0.5) is 5.82 Å². The molecular weight excluding hydrogens is 278 g/mol. The van der Waals surface area contributed by atoms with Crippen molar-refractivity contribution in [1.82, 2.24) is 9.78 Å². The molecule has 0 atom stereocenters. The SMILES string of the molecule is Cc1ccc(Cn2nc(C)c(Br)c2N)c(C)c1. The highest BCUT2D eigenvalue weighted by atomic mass is 79.9. The fourth-order valence-electron chi connectivity index (χ4n) is 1.88. The lowest BCUT2D eigenvalue weighted by Crippen LogP contribution is -2.07. The Morgan fingerprint density at radius 1 is 1.29 bits per heavy atom. The van der Waals surface area contributed by atoms with Crippen molar-refractivity contribution in [3.05, 3.63) is 45.1 Å². The fourth-order valence-corrected chi connectivity index (χ4v) is 2.17. The summed E-state index contributed by atoms with van der Waals surface area (Å²) in [5.74, 6) is 0.683. The number of nitrogen functional groups attached to an aromatic ring is 1. The summed E-state index contributed by atoms with van der Waals surface area (Å²) in [6, 6.07) is 6.43. The van der Waals surface area contributed by atoms with Gasteiger partial charge in [0, 0.05) is 0 Å². The second-order valence-corrected chi connectivity index (χ2v) is 5.17. The predicted molar refractivity (Wildman–Crippen MR) is 74.1 cm³/mol. The molecule has 2 aromatic rings. The normalized spacial score (nSPS) is 10.8. The molecule has 1 heterocycles. The number of aromatic nitrogens is 2. The van der Waals surface area contributed by atoms with E-state index in [4.69, 9.17) is 5.73 Å². The lowest BCUT2D eigenvalue weighted by atomic mass is 10.1. The minimum absolute atomic E-state index is 0.683. The van der Waals surface area contributed by atoms with Crippen molar-refractivity contribution in [2.45, 2.75) is 27.3 Å². The van der Waals surface area contributed by atoms with Gasteiger partial charge in [-0.1, -0.05) is 23.8 Å². The van der Waals surface area contributed by atoms with E-state index in [0.29, 0.717) is 12.4 Å². The second kappa shape index (κ2) is 4.53. The summed E-state index contributed by atoms with van der Waals surface area (Å²) >= 11 is 3.44. The highest BCUT2D eigenvalue weighted by Gasteiger charge is 2.10. The van der Waals surface area contributed by atoms with E-state index in [0.717, 1.165) is 10.2 Å². The first-order chi connectivity index (χ1) is 7.99. The van der Waals surface area contributed by atoms with Crippen LogP contribution in [0.2, 0.25) is 0 Å². The molecule has 4 heteroatoms. The molecule has 0 bridgehead atoms. The number of nitrogens with zero attached hydrogens (tertiary/aromatic N) is 2. The molecule has 2 rings (SSSR count). The smallest absolute Gasteiger partial charge is 0.136 e. The van der Waals surface area contributed by atoms with Crippen LogP contribution in [-0.4, -0.2) is 9.78 Å². The van der Waals surface area contributed by atoms with Gasteiger partial charge in [0.1, 0.15) is 5.82 Å². The van der Waals surface area contributed by atoms with Crippen molar-refractivity contribution < 1.29 is 0 Å². The number of nitrogens with two attached hydrogens (primary N) is 1. The van der Waals surface area contributed by atoms with Gasteiger partial charge in [0.2, 0.25) is 0 Å². The molecule has 17 heavy (non-hydrogen) atoms. The average Bonchev–Trinajstić information content (AvgIpc) is 2.50. The Kier molecular flexibility index (Phi) is 3.24. The van der Waals surface area contributed by atoms with E-state index in [-0.39, 0.29) is 0 Å². The van der Waals surface area contributed by atoms with Crippen molar-refractivity contribution in [3.8, 4) is 0 Å². The van der Waals surface area contributed by atoms with Crippen LogP contribution >= 0.6 is 15.9 Å². The van der Waals surface area contributed by atoms with Gasteiger partial charge in [0.15, 0.2) is 0 Å². The van der Waals surface area contributed by atoms with E-state index in [9.17, 15) is 0 Å². The minimum Gasteiger partial charge on any atom is -0.383 e. The van der Waals surface area contributed by atoms with E-state index in [1.165, 1.54) is 16.7 Å². The maximum absolute atomic E-state index is 5.98. The highest BCUT2D eigenvalue weighted by molar-refractivity contribution is 9.10. The van der Waals surface area contributed by atoms with Crippen LogP contribution in [0.3, 0.4) is 0 Å². The zero-order valence-electron chi connectivity index (χ0n) is 10.3. The van der Waals surface area contributed by atoms with Crippen LogP contribution in [0.15, 0.2) is 22.7 Å².